The lowest BCUT2D eigenvalue weighted by Gasteiger charge is -2.29. The molecule has 0 atom stereocenters. The van der Waals surface area contributed by atoms with Crippen molar-refractivity contribution in [3.63, 3.8) is 0 Å². The average Bonchev–Trinajstić information content (AvgIpc) is 2.57. The number of fused-ring (bicyclic) bond motifs is 1. The molecule has 0 saturated heterocycles. The maximum Gasteiger partial charge on any atom is 0.265 e. The largest absolute Gasteiger partial charge is 0.492 e. The van der Waals surface area contributed by atoms with Crippen LogP contribution in [0, 0.1) is 6.92 Å². The van der Waals surface area contributed by atoms with Gasteiger partial charge in [-0.3, -0.25) is 9.59 Å². The summed E-state index contributed by atoms with van der Waals surface area (Å²) in [6.07, 6.45) is 0.600. The Kier molecular flexibility index (Phi) is 4.65. The van der Waals surface area contributed by atoms with Crippen LogP contribution in [0.3, 0.4) is 0 Å². The molecule has 124 valence electrons. The second-order valence-electron chi connectivity index (χ2n) is 5.44. The van der Waals surface area contributed by atoms with Crippen LogP contribution in [0.4, 0.5) is 11.4 Å². The summed E-state index contributed by atoms with van der Waals surface area (Å²) in [6, 6.07) is 13.0. The average molecular weight is 326 g/mol. The molecule has 2 aromatic carbocycles. The minimum Gasteiger partial charge on any atom is -0.492 e. The smallest absolute Gasteiger partial charge is 0.265 e. The number of carbonyl (C=O) groups is 2. The van der Waals surface area contributed by atoms with Crippen molar-refractivity contribution in [2.24, 2.45) is 0 Å². The van der Waals surface area contributed by atoms with Crippen LogP contribution < -0.4 is 19.7 Å². The van der Waals surface area contributed by atoms with Gasteiger partial charge in [0.15, 0.2) is 6.61 Å². The summed E-state index contributed by atoms with van der Waals surface area (Å²) in [4.78, 5) is 24.3. The lowest BCUT2D eigenvalue weighted by atomic mass is 10.2. The highest BCUT2D eigenvalue weighted by Gasteiger charge is 2.25. The normalized spacial score (nSPS) is 13.0. The Morgan fingerprint density at radius 1 is 1.29 bits per heavy atom. The Morgan fingerprint density at radius 2 is 2.17 bits per heavy atom. The Bertz CT molecular complexity index is 760. The SMILES string of the molecule is Cc1cccc(OCCN2C(=O)COc3cc(NC=O)ccc32)c1. The van der Waals surface area contributed by atoms with Crippen LogP contribution >= 0.6 is 0 Å². The van der Waals surface area contributed by atoms with Crippen molar-refractivity contribution in [1.82, 2.24) is 0 Å². The summed E-state index contributed by atoms with van der Waals surface area (Å²) in [5, 5.41) is 2.56. The molecule has 1 aliphatic heterocycles. The first-order valence-electron chi connectivity index (χ1n) is 7.64. The number of amides is 2. The molecule has 0 spiro atoms. The number of anilines is 2. The number of aryl methyl sites for hydroxylation is 1. The summed E-state index contributed by atoms with van der Waals surface area (Å²) in [7, 11) is 0. The number of nitrogens with zero attached hydrogens (tertiary/aromatic N) is 1. The second-order valence-corrected chi connectivity index (χ2v) is 5.44. The van der Waals surface area contributed by atoms with E-state index in [0.29, 0.717) is 36.7 Å². The molecule has 6 nitrogen and oxygen atoms in total. The number of hydrogen-bond donors (Lipinski definition) is 1. The van der Waals surface area contributed by atoms with Gasteiger partial charge in [0.05, 0.1) is 12.2 Å². The van der Waals surface area contributed by atoms with Crippen LogP contribution in [-0.2, 0) is 9.59 Å². The topological polar surface area (TPSA) is 67.9 Å². The summed E-state index contributed by atoms with van der Waals surface area (Å²) in [5.74, 6) is 1.23. The van der Waals surface area contributed by atoms with E-state index >= 15 is 0 Å². The van der Waals surface area contributed by atoms with Crippen LogP contribution in [0.1, 0.15) is 5.56 Å². The second kappa shape index (κ2) is 7.04. The quantitative estimate of drug-likeness (QED) is 0.828. The number of ether oxygens (including phenoxy) is 2. The molecule has 0 unspecified atom stereocenters. The van der Waals surface area contributed by atoms with Gasteiger partial charge in [0.1, 0.15) is 18.1 Å². The van der Waals surface area contributed by atoms with E-state index in [1.165, 1.54) is 0 Å². The van der Waals surface area contributed by atoms with Gasteiger partial charge in [0.2, 0.25) is 6.41 Å². The molecule has 0 fully saturated rings. The van der Waals surface area contributed by atoms with Gasteiger partial charge >= 0.3 is 0 Å². The Labute approximate surface area is 140 Å². The Morgan fingerprint density at radius 3 is 2.96 bits per heavy atom. The summed E-state index contributed by atoms with van der Waals surface area (Å²) < 4.78 is 11.2. The van der Waals surface area contributed by atoms with Gasteiger partial charge in [-0.2, -0.15) is 0 Å². The fraction of sp³-hybridized carbons (Fsp3) is 0.222. The third-order valence-electron chi connectivity index (χ3n) is 3.70. The lowest BCUT2D eigenvalue weighted by molar-refractivity contribution is -0.121. The molecule has 2 aromatic rings. The zero-order valence-corrected chi connectivity index (χ0v) is 13.3. The van der Waals surface area contributed by atoms with Crippen molar-refractivity contribution in [3.8, 4) is 11.5 Å². The van der Waals surface area contributed by atoms with Crippen LogP contribution in [0.25, 0.3) is 0 Å². The molecular formula is C18H18N2O4. The van der Waals surface area contributed by atoms with Crippen molar-refractivity contribution in [2.45, 2.75) is 6.92 Å². The molecule has 1 heterocycles. The summed E-state index contributed by atoms with van der Waals surface area (Å²) >= 11 is 0. The molecule has 0 aliphatic carbocycles. The molecule has 0 bridgehead atoms. The van der Waals surface area contributed by atoms with Gasteiger partial charge in [0, 0.05) is 11.8 Å². The minimum atomic E-state index is -0.119. The molecule has 0 aromatic heterocycles. The molecular weight excluding hydrogens is 308 g/mol. The van der Waals surface area contributed by atoms with E-state index in [4.69, 9.17) is 9.47 Å². The fourth-order valence-electron chi connectivity index (χ4n) is 2.57. The van der Waals surface area contributed by atoms with E-state index in [-0.39, 0.29) is 12.5 Å². The number of nitrogens with one attached hydrogen (secondary N) is 1. The monoisotopic (exact) mass is 326 g/mol. The first-order valence-corrected chi connectivity index (χ1v) is 7.64. The molecule has 1 aliphatic rings. The minimum absolute atomic E-state index is 0.0258. The van der Waals surface area contributed by atoms with Gasteiger partial charge in [0.25, 0.3) is 5.91 Å². The highest BCUT2D eigenvalue weighted by atomic mass is 16.5. The first kappa shape index (κ1) is 15.9. The highest BCUT2D eigenvalue weighted by molar-refractivity contribution is 5.98. The van der Waals surface area contributed by atoms with E-state index < -0.39 is 0 Å². The van der Waals surface area contributed by atoms with Gasteiger partial charge in [-0.05, 0) is 36.8 Å². The third kappa shape index (κ3) is 3.48. The number of carbonyl (C=O) groups excluding carboxylic acids is 2. The number of hydrogen-bond acceptors (Lipinski definition) is 4. The predicted octanol–water partition coefficient (Wildman–Crippen LogP) is 2.37. The molecule has 24 heavy (non-hydrogen) atoms. The van der Waals surface area contributed by atoms with Crippen LogP contribution in [0.15, 0.2) is 42.5 Å². The van der Waals surface area contributed by atoms with Gasteiger partial charge in [-0.1, -0.05) is 12.1 Å². The van der Waals surface area contributed by atoms with E-state index in [1.807, 2.05) is 31.2 Å². The van der Waals surface area contributed by atoms with Crippen molar-refractivity contribution in [1.29, 1.82) is 0 Å². The summed E-state index contributed by atoms with van der Waals surface area (Å²) in [6.45, 7) is 2.77. The van der Waals surface area contributed by atoms with Crippen molar-refractivity contribution < 1.29 is 19.1 Å². The van der Waals surface area contributed by atoms with Gasteiger partial charge in [-0.25, -0.2) is 0 Å². The molecule has 2 amide bonds. The van der Waals surface area contributed by atoms with E-state index in [0.717, 1.165) is 11.3 Å². The predicted molar refractivity (Wildman–Crippen MR) is 90.7 cm³/mol. The standard InChI is InChI=1S/C18H18N2O4/c1-13-3-2-4-15(9-13)23-8-7-20-16-6-5-14(19-12-21)10-17(16)24-11-18(20)22/h2-6,9-10,12H,7-8,11H2,1H3,(H,19,21). The maximum atomic E-state index is 12.1. The Hall–Kier alpha value is -3.02. The molecule has 0 radical (unpaired) electrons. The third-order valence-corrected chi connectivity index (χ3v) is 3.70. The first-order chi connectivity index (χ1) is 11.7. The van der Waals surface area contributed by atoms with Gasteiger partial charge < -0.3 is 19.7 Å². The zero-order valence-electron chi connectivity index (χ0n) is 13.3. The number of rotatable bonds is 6. The summed E-state index contributed by atoms with van der Waals surface area (Å²) in [5.41, 5.74) is 2.42. The lowest BCUT2D eigenvalue weighted by Crippen LogP contribution is -2.41. The van der Waals surface area contributed by atoms with E-state index in [2.05, 4.69) is 5.32 Å². The van der Waals surface area contributed by atoms with Crippen molar-refractivity contribution in [3.05, 3.63) is 48.0 Å². The zero-order chi connectivity index (χ0) is 16.9. The fourth-order valence-corrected chi connectivity index (χ4v) is 2.57. The molecule has 0 saturated carbocycles. The molecule has 1 N–H and O–H groups in total. The molecule has 6 heteroatoms. The maximum absolute atomic E-state index is 12.1. The van der Waals surface area contributed by atoms with Gasteiger partial charge in [-0.15, -0.1) is 0 Å². The number of benzene rings is 2. The van der Waals surface area contributed by atoms with E-state index in [1.54, 1.807) is 23.1 Å². The van der Waals surface area contributed by atoms with Crippen LogP contribution in [-0.4, -0.2) is 32.1 Å². The van der Waals surface area contributed by atoms with Crippen molar-refractivity contribution >= 4 is 23.7 Å². The highest BCUT2D eigenvalue weighted by Crippen LogP contribution is 2.34. The Balaban J connectivity index is 1.69. The van der Waals surface area contributed by atoms with Crippen LogP contribution in [0.5, 0.6) is 11.5 Å². The molecule has 3 rings (SSSR count). The van der Waals surface area contributed by atoms with Crippen molar-refractivity contribution in [2.75, 3.05) is 30.0 Å². The van der Waals surface area contributed by atoms with E-state index in [9.17, 15) is 9.59 Å². The van der Waals surface area contributed by atoms with Crippen LogP contribution in [0.2, 0.25) is 0 Å².